The molecule has 10 heteroatoms. The van der Waals surface area contributed by atoms with Crippen molar-refractivity contribution in [2.24, 2.45) is 0 Å². The number of amides is 2. The zero-order valence-corrected chi connectivity index (χ0v) is 24.0. The summed E-state index contributed by atoms with van der Waals surface area (Å²) in [4.78, 5) is 30.9. The number of fused-ring (bicyclic) bond motifs is 1. The van der Waals surface area contributed by atoms with Crippen LogP contribution in [0.4, 0.5) is 4.39 Å². The molecule has 0 spiro atoms. The highest BCUT2D eigenvalue weighted by Crippen LogP contribution is 2.47. The standard InChI is InChI=1S/C26H31FN4O2P2S/c1-6-23(32)30-12-20(19-11-15(2)36-22(19)14-30)17-9-7-8-10-18(17)21-13-31(16(3)25(33)29(4)5)28-24(21)26(27,34)35/h6-11,13,16,20H,1,12,14,34-35H2,2-5H3/t16?,20-/m1/s1. The molecule has 3 aromatic rings. The highest BCUT2D eigenvalue weighted by atomic mass is 32.1. The number of rotatable bonds is 6. The van der Waals surface area contributed by atoms with E-state index in [9.17, 15) is 9.59 Å². The lowest BCUT2D eigenvalue weighted by Gasteiger charge is -2.33. The van der Waals surface area contributed by atoms with Gasteiger partial charge in [-0.3, -0.25) is 14.3 Å². The van der Waals surface area contributed by atoms with E-state index in [1.165, 1.54) is 26.1 Å². The Kier molecular flexibility index (Phi) is 7.52. The van der Waals surface area contributed by atoms with Gasteiger partial charge in [0, 0.05) is 48.1 Å². The summed E-state index contributed by atoms with van der Waals surface area (Å²) in [5, 5.41) is 2.64. The van der Waals surface area contributed by atoms with E-state index in [2.05, 4.69) is 43.1 Å². The van der Waals surface area contributed by atoms with Crippen molar-refractivity contribution in [1.29, 1.82) is 0 Å². The van der Waals surface area contributed by atoms with E-state index in [1.54, 1.807) is 43.5 Å². The Morgan fingerprint density at radius 1 is 1.28 bits per heavy atom. The first-order chi connectivity index (χ1) is 16.9. The fourth-order valence-electron chi connectivity index (χ4n) is 4.72. The van der Waals surface area contributed by atoms with Gasteiger partial charge in [-0.15, -0.1) is 11.3 Å². The van der Waals surface area contributed by atoms with E-state index in [-0.39, 0.29) is 23.4 Å². The summed E-state index contributed by atoms with van der Waals surface area (Å²) < 4.78 is 17.0. The van der Waals surface area contributed by atoms with Crippen LogP contribution < -0.4 is 0 Å². The normalized spacial score (nSPS) is 16.4. The summed E-state index contributed by atoms with van der Waals surface area (Å²) in [5.41, 5.74) is 3.80. The Morgan fingerprint density at radius 3 is 2.61 bits per heavy atom. The fraction of sp³-hybridized carbons (Fsp3) is 0.346. The SMILES string of the molecule is C=CC(=O)N1Cc2sc(C)cc2[C@@H](c2ccccc2-c2cn(C(C)C(=O)N(C)C)nc2C(F)(P)P)C1. The molecule has 4 atom stereocenters. The molecule has 36 heavy (non-hydrogen) atoms. The van der Waals surface area contributed by atoms with Gasteiger partial charge in [-0.1, -0.05) is 49.3 Å². The lowest BCUT2D eigenvalue weighted by molar-refractivity contribution is -0.132. The van der Waals surface area contributed by atoms with Crippen molar-refractivity contribution in [3.05, 3.63) is 75.8 Å². The fourth-order valence-corrected chi connectivity index (χ4v) is 6.26. The molecule has 4 rings (SSSR count). The number of alkyl halides is 1. The molecule has 2 amide bonds. The first-order valence-corrected chi connectivity index (χ1v) is 13.6. The highest BCUT2D eigenvalue weighted by molar-refractivity contribution is 7.38. The van der Waals surface area contributed by atoms with Gasteiger partial charge in [0.2, 0.25) is 11.8 Å². The molecule has 0 aliphatic carbocycles. The van der Waals surface area contributed by atoms with Crippen LogP contribution in [-0.2, 0) is 21.3 Å². The predicted molar refractivity (Wildman–Crippen MR) is 150 cm³/mol. The topological polar surface area (TPSA) is 58.4 Å². The summed E-state index contributed by atoms with van der Waals surface area (Å²) >= 11 is 1.69. The number of benzene rings is 1. The van der Waals surface area contributed by atoms with Crippen LogP contribution in [0, 0.1) is 6.92 Å². The third kappa shape index (κ3) is 5.04. The number of carbonyl (C=O) groups excluding carboxylic acids is 2. The van der Waals surface area contributed by atoms with Crippen LogP contribution in [0.5, 0.6) is 0 Å². The molecule has 190 valence electrons. The smallest absolute Gasteiger partial charge is 0.246 e. The minimum Gasteiger partial charge on any atom is -0.347 e. The molecule has 2 aromatic heterocycles. The summed E-state index contributed by atoms with van der Waals surface area (Å²) in [6, 6.07) is 9.43. The highest BCUT2D eigenvalue weighted by Gasteiger charge is 2.35. The van der Waals surface area contributed by atoms with Crippen molar-refractivity contribution in [2.75, 3.05) is 20.6 Å². The molecule has 0 fully saturated rings. The molecule has 0 saturated heterocycles. The average Bonchev–Trinajstić information content (AvgIpc) is 3.45. The van der Waals surface area contributed by atoms with Crippen molar-refractivity contribution in [3.8, 4) is 11.1 Å². The molecular weight excluding hydrogens is 513 g/mol. The van der Waals surface area contributed by atoms with Gasteiger partial charge in [0.25, 0.3) is 0 Å². The van der Waals surface area contributed by atoms with Crippen LogP contribution >= 0.6 is 29.8 Å². The molecule has 1 aliphatic rings. The van der Waals surface area contributed by atoms with Crippen LogP contribution in [0.25, 0.3) is 11.1 Å². The van der Waals surface area contributed by atoms with E-state index >= 15 is 4.39 Å². The monoisotopic (exact) mass is 544 g/mol. The first-order valence-electron chi connectivity index (χ1n) is 11.6. The summed E-state index contributed by atoms with van der Waals surface area (Å²) in [6.45, 7) is 8.53. The van der Waals surface area contributed by atoms with Crippen LogP contribution in [0.2, 0.25) is 0 Å². The lowest BCUT2D eigenvalue weighted by atomic mass is 9.83. The third-order valence-electron chi connectivity index (χ3n) is 6.48. The number of nitrogens with zero attached hydrogens (tertiary/aromatic N) is 4. The summed E-state index contributed by atoms with van der Waals surface area (Å²) in [6.07, 6.45) is 3.09. The Morgan fingerprint density at radius 2 is 1.97 bits per heavy atom. The number of aromatic nitrogens is 2. The van der Waals surface area contributed by atoms with Crippen molar-refractivity contribution < 1.29 is 14.0 Å². The van der Waals surface area contributed by atoms with E-state index in [1.807, 2.05) is 24.3 Å². The summed E-state index contributed by atoms with van der Waals surface area (Å²) in [5.74, 6) is -0.347. The van der Waals surface area contributed by atoms with Crippen LogP contribution in [-0.4, -0.2) is 52.0 Å². The lowest BCUT2D eigenvalue weighted by Crippen LogP contribution is -2.37. The number of thiophene rings is 1. The molecule has 3 heterocycles. The zero-order chi connectivity index (χ0) is 26.4. The molecular formula is C26H31FN4O2P2S. The van der Waals surface area contributed by atoms with Gasteiger partial charge in [0.1, 0.15) is 11.7 Å². The first kappa shape index (κ1) is 26.7. The second-order valence-electron chi connectivity index (χ2n) is 9.35. The Labute approximate surface area is 220 Å². The van der Waals surface area contributed by atoms with Crippen molar-refractivity contribution >= 4 is 41.6 Å². The largest absolute Gasteiger partial charge is 0.347 e. The average molecular weight is 545 g/mol. The number of hydrogen-bond acceptors (Lipinski definition) is 4. The van der Waals surface area contributed by atoms with Crippen LogP contribution in [0.3, 0.4) is 0 Å². The minimum absolute atomic E-state index is 0.0983. The second kappa shape index (κ2) is 10.2. The molecule has 0 saturated carbocycles. The molecule has 0 radical (unpaired) electrons. The quantitative estimate of drug-likeness (QED) is 0.322. The maximum absolute atomic E-state index is 15.4. The van der Waals surface area contributed by atoms with E-state index < -0.39 is 11.2 Å². The Bertz CT molecular complexity index is 1330. The Balaban J connectivity index is 1.88. The van der Waals surface area contributed by atoms with Gasteiger partial charge >= 0.3 is 0 Å². The maximum atomic E-state index is 15.4. The van der Waals surface area contributed by atoms with Gasteiger partial charge in [-0.2, -0.15) is 5.10 Å². The molecule has 0 N–H and O–H groups in total. The van der Waals surface area contributed by atoms with Crippen LogP contribution in [0.1, 0.15) is 45.5 Å². The van der Waals surface area contributed by atoms with Crippen molar-refractivity contribution in [1.82, 2.24) is 19.6 Å². The number of halogens is 1. The minimum atomic E-state index is -1.89. The predicted octanol–water partition coefficient (Wildman–Crippen LogP) is 5.06. The molecule has 0 bridgehead atoms. The van der Waals surface area contributed by atoms with Gasteiger partial charge in [-0.05, 0) is 42.7 Å². The van der Waals surface area contributed by atoms with Gasteiger partial charge in [-0.25, -0.2) is 4.39 Å². The van der Waals surface area contributed by atoms with E-state index in [0.29, 0.717) is 18.7 Å². The Hall–Kier alpha value is -2.40. The number of likely N-dealkylation sites (N-methyl/N-ethyl adjacent to an activating group) is 1. The van der Waals surface area contributed by atoms with Gasteiger partial charge in [0.15, 0.2) is 5.15 Å². The summed E-state index contributed by atoms with van der Waals surface area (Å²) in [7, 11) is 7.74. The molecule has 3 unspecified atom stereocenters. The number of hydrogen-bond donors (Lipinski definition) is 0. The zero-order valence-electron chi connectivity index (χ0n) is 20.9. The third-order valence-corrected chi connectivity index (χ3v) is 8.08. The van der Waals surface area contributed by atoms with E-state index in [4.69, 9.17) is 0 Å². The van der Waals surface area contributed by atoms with Crippen LogP contribution in [0.15, 0.2) is 49.2 Å². The molecule has 6 nitrogen and oxygen atoms in total. The van der Waals surface area contributed by atoms with Gasteiger partial charge in [0.05, 0.1) is 6.54 Å². The van der Waals surface area contributed by atoms with E-state index in [0.717, 1.165) is 16.0 Å². The van der Waals surface area contributed by atoms with Gasteiger partial charge < -0.3 is 9.80 Å². The molecule has 1 aromatic carbocycles. The molecule has 1 aliphatic heterocycles. The van der Waals surface area contributed by atoms with Crippen molar-refractivity contribution in [2.45, 2.75) is 37.5 Å². The van der Waals surface area contributed by atoms with Crippen molar-refractivity contribution in [3.63, 3.8) is 0 Å². The second-order valence-corrected chi connectivity index (χ2v) is 13.0. The maximum Gasteiger partial charge on any atom is 0.246 e. The number of aryl methyl sites for hydroxylation is 1. The number of carbonyl (C=O) groups is 2.